The summed E-state index contributed by atoms with van der Waals surface area (Å²) in [5, 5.41) is 10.6. The van der Waals surface area contributed by atoms with Crippen LogP contribution in [0.5, 0.6) is 0 Å². The Morgan fingerprint density at radius 1 is 1.28 bits per heavy atom. The summed E-state index contributed by atoms with van der Waals surface area (Å²) in [4.78, 5) is 16.1. The number of methoxy groups -OCH3 is 1. The zero-order chi connectivity index (χ0) is 18.4. The first kappa shape index (κ1) is 18.0. The van der Waals surface area contributed by atoms with Gasteiger partial charge in [-0.3, -0.25) is 4.98 Å². The highest BCUT2D eigenvalue weighted by Crippen LogP contribution is 2.33. The molecule has 2 rings (SSSR count). The lowest BCUT2D eigenvalue weighted by Gasteiger charge is -2.15. The minimum Gasteiger partial charge on any atom is -0.504 e. The molecule has 0 spiro atoms. The molecule has 0 saturated carbocycles. The van der Waals surface area contributed by atoms with Gasteiger partial charge in [-0.25, -0.2) is 4.79 Å². The van der Waals surface area contributed by atoms with Crippen LogP contribution >= 0.6 is 0 Å². The molecule has 1 aromatic heterocycles. The van der Waals surface area contributed by atoms with Crippen molar-refractivity contribution in [3.8, 4) is 23.5 Å². The number of allylic oxidation sites excluding steroid dienone is 2. The van der Waals surface area contributed by atoms with Crippen LogP contribution in [0.2, 0.25) is 0 Å². The summed E-state index contributed by atoms with van der Waals surface area (Å²) < 4.78 is 4.65. The van der Waals surface area contributed by atoms with Crippen molar-refractivity contribution in [2.45, 2.75) is 13.8 Å². The van der Waals surface area contributed by atoms with E-state index in [0.29, 0.717) is 5.56 Å². The van der Waals surface area contributed by atoms with Gasteiger partial charge in [0.05, 0.1) is 7.11 Å². The summed E-state index contributed by atoms with van der Waals surface area (Å²) in [6, 6.07) is 11.6. The molecule has 4 heteroatoms. The van der Waals surface area contributed by atoms with Crippen LogP contribution in [0.25, 0.3) is 22.5 Å². The van der Waals surface area contributed by atoms with Crippen LogP contribution in [-0.2, 0) is 9.53 Å². The van der Waals surface area contributed by atoms with E-state index < -0.39 is 5.97 Å². The SMILES string of the molecule is C#C/C(C(=O)OC)=C(/O)c1nccc(-c2ccccc2)c1/C(C)=C\C. The van der Waals surface area contributed by atoms with Crippen molar-refractivity contribution in [1.82, 2.24) is 4.98 Å². The molecule has 0 atom stereocenters. The van der Waals surface area contributed by atoms with E-state index in [4.69, 9.17) is 6.42 Å². The van der Waals surface area contributed by atoms with Gasteiger partial charge in [0.1, 0.15) is 5.69 Å². The predicted octanol–water partition coefficient (Wildman–Crippen LogP) is 4.25. The lowest BCUT2D eigenvalue weighted by Crippen LogP contribution is -2.08. The molecule has 0 radical (unpaired) electrons. The van der Waals surface area contributed by atoms with Crippen LogP contribution in [0.15, 0.2) is 54.2 Å². The average molecular weight is 333 g/mol. The average Bonchev–Trinajstić information content (AvgIpc) is 2.67. The summed E-state index contributed by atoms with van der Waals surface area (Å²) in [6.07, 6.45) is 8.87. The zero-order valence-corrected chi connectivity index (χ0v) is 14.4. The van der Waals surface area contributed by atoms with Crippen LogP contribution in [0.4, 0.5) is 0 Å². The summed E-state index contributed by atoms with van der Waals surface area (Å²) in [7, 11) is 1.21. The van der Waals surface area contributed by atoms with E-state index in [1.807, 2.05) is 56.3 Å². The van der Waals surface area contributed by atoms with E-state index >= 15 is 0 Å². The Balaban J connectivity index is 2.83. The fourth-order valence-electron chi connectivity index (χ4n) is 2.49. The molecule has 0 unspecified atom stereocenters. The third kappa shape index (κ3) is 3.61. The lowest BCUT2D eigenvalue weighted by molar-refractivity contribution is -0.135. The van der Waals surface area contributed by atoms with Gasteiger partial charge in [0.2, 0.25) is 0 Å². The largest absolute Gasteiger partial charge is 0.504 e. The number of benzene rings is 1. The van der Waals surface area contributed by atoms with Crippen molar-refractivity contribution in [2.75, 3.05) is 7.11 Å². The van der Waals surface area contributed by atoms with Crippen molar-refractivity contribution in [3.05, 3.63) is 65.5 Å². The highest BCUT2D eigenvalue weighted by Gasteiger charge is 2.21. The van der Waals surface area contributed by atoms with E-state index in [-0.39, 0.29) is 17.0 Å². The Hall–Kier alpha value is -3.32. The number of carbonyl (C=O) groups excluding carboxylic acids is 1. The quantitative estimate of drug-likeness (QED) is 0.393. The number of esters is 1. The second-order valence-corrected chi connectivity index (χ2v) is 5.28. The fourth-order valence-corrected chi connectivity index (χ4v) is 2.49. The van der Waals surface area contributed by atoms with Gasteiger partial charge in [0.25, 0.3) is 0 Å². The molecular weight excluding hydrogens is 314 g/mol. The predicted molar refractivity (Wildman–Crippen MR) is 99.4 cm³/mol. The number of aliphatic hydroxyl groups is 1. The van der Waals surface area contributed by atoms with Gasteiger partial charge in [-0.2, -0.15) is 0 Å². The third-order valence-electron chi connectivity index (χ3n) is 3.86. The molecule has 1 N–H and O–H groups in total. The molecule has 0 aliphatic carbocycles. The zero-order valence-electron chi connectivity index (χ0n) is 14.4. The number of rotatable bonds is 4. The molecule has 0 aliphatic rings. The fraction of sp³-hybridized carbons (Fsp3) is 0.143. The Morgan fingerprint density at radius 3 is 2.52 bits per heavy atom. The molecule has 1 heterocycles. The van der Waals surface area contributed by atoms with E-state index in [2.05, 4.69) is 15.6 Å². The summed E-state index contributed by atoms with van der Waals surface area (Å²) in [6.45, 7) is 3.80. The maximum atomic E-state index is 11.8. The van der Waals surface area contributed by atoms with Gasteiger partial charge in [-0.15, -0.1) is 6.42 Å². The van der Waals surface area contributed by atoms with E-state index in [0.717, 1.165) is 16.7 Å². The second kappa shape index (κ2) is 7.98. The number of aromatic nitrogens is 1. The molecule has 0 saturated heterocycles. The summed E-state index contributed by atoms with van der Waals surface area (Å²) in [5.41, 5.74) is 3.45. The topological polar surface area (TPSA) is 59.4 Å². The molecule has 1 aromatic carbocycles. The van der Waals surface area contributed by atoms with Crippen molar-refractivity contribution < 1.29 is 14.6 Å². The maximum absolute atomic E-state index is 11.8. The number of hydrogen-bond acceptors (Lipinski definition) is 4. The number of aliphatic hydroxyl groups excluding tert-OH is 1. The number of hydrogen-bond donors (Lipinski definition) is 1. The number of terminal acetylenes is 1. The second-order valence-electron chi connectivity index (χ2n) is 5.28. The van der Waals surface area contributed by atoms with Gasteiger partial charge in [0.15, 0.2) is 11.3 Å². The number of nitrogens with zero attached hydrogens (tertiary/aromatic N) is 1. The maximum Gasteiger partial charge on any atom is 0.350 e. The van der Waals surface area contributed by atoms with Gasteiger partial charge < -0.3 is 9.84 Å². The number of carbonyl (C=O) groups is 1. The summed E-state index contributed by atoms with van der Waals surface area (Å²) >= 11 is 0. The Kier molecular flexibility index (Phi) is 5.75. The minimum atomic E-state index is -0.781. The first-order valence-electron chi connectivity index (χ1n) is 7.71. The summed E-state index contributed by atoms with van der Waals surface area (Å²) in [5.74, 6) is 1.04. The van der Waals surface area contributed by atoms with E-state index in [1.165, 1.54) is 7.11 Å². The van der Waals surface area contributed by atoms with Crippen LogP contribution in [0.1, 0.15) is 25.1 Å². The molecule has 25 heavy (non-hydrogen) atoms. The minimum absolute atomic E-state index is 0.246. The highest BCUT2D eigenvalue weighted by molar-refractivity contribution is 6.01. The molecule has 0 amide bonds. The number of ether oxygens (including phenoxy) is 1. The standard InChI is InChI=1S/C21H19NO3/c1-5-14(3)18-17(15-10-8-7-9-11-15)12-13-22-19(18)20(23)16(6-2)21(24)25-4/h2,5,7-13,23H,1,3-4H3/b14-5-,20-16-. The molecular formula is C21H19NO3. The molecule has 0 aliphatic heterocycles. The smallest absolute Gasteiger partial charge is 0.350 e. The number of pyridine rings is 1. The molecule has 2 aromatic rings. The lowest BCUT2D eigenvalue weighted by atomic mass is 9.92. The first-order valence-corrected chi connectivity index (χ1v) is 7.71. The van der Waals surface area contributed by atoms with Crippen LogP contribution < -0.4 is 0 Å². The Bertz CT molecular complexity index is 887. The van der Waals surface area contributed by atoms with Crippen molar-refractivity contribution in [2.24, 2.45) is 0 Å². The van der Waals surface area contributed by atoms with Crippen molar-refractivity contribution in [1.29, 1.82) is 0 Å². The van der Waals surface area contributed by atoms with Crippen molar-refractivity contribution in [3.63, 3.8) is 0 Å². The highest BCUT2D eigenvalue weighted by atomic mass is 16.5. The molecule has 0 bridgehead atoms. The van der Waals surface area contributed by atoms with Crippen molar-refractivity contribution >= 4 is 17.3 Å². The normalized spacial score (nSPS) is 12.2. The molecule has 126 valence electrons. The van der Waals surface area contributed by atoms with Gasteiger partial charge in [-0.05, 0) is 36.6 Å². The molecule has 0 fully saturated rings. The Morgan fingerprint density at radius 2 is 1.96 bits per heavy atom. The van der Waals surface area contributed by atoms with Crippen LogP contribution in [0, 0.1) is 12.3 Å². The third-order valence-corrected chi connectivity index (χ3v) is 3.86. The van der Waals surface area contributed by atoms with E-state index in [1.54, 1.807) is 6.20 Å². The van der Waals surface area contributed by atoms with Crippen LogP contribution in [0.3, 0.4) is 0 Å². The monoisotopic (exact) mass is 333 g/mol. The van der Waals surface area contributed by atoms with E-state index in [9.17, 15) is 9.90 Å². The van der Waals surface area contributed by atoms with Gasteiger partial charge >= 0.3 is 5.97 Å². The Labute approximate surface area is 147 Å². The van der Waals surface area contributed by atoms with Crippen LogP contribution in [-0.4, -0.2) is 23.2 Å². The molecule has 4 nitrogen and oxygen atoms in total. The van der Waals surface area contributed by atoms with Gasteiger partial charge in [-0.1, -0.05) is 42.3 Å². The van der Waals surface area contributed by atoms with Gasteiger partial charge in [0, 0.05) is 11.8 Å². The first-order chi connectivity index (χ1) is 12.0.